The van der Waals surface area contributed by atoms with Gasteiger partial charge in [0.2, 0.25) is 5.78 Å². The monoisotopic (exact) mass is 460 g/mol. The Morgan fingerprint density at radius 2 is 1.65 bits per heavy atom. The summed E-state index contributed by atoms with van der Waals surface area (Å²) in [7, 11) is -2.74. The van der Waals surface area contributed by atoms with E-state index in [9.17, 15) is 26.4 Å². The minimum atomic E-state index is -5.72. The zero-order chi connectivity index (χ0) is 22.8. The van der Waals surface area contributed by atoms with Gasteiger partial charge in [-0.3, -0.25) is 4.79 Å². The highest BCUT2D eigenvalue weighted by Crippen LogP contribution is 2.34. The van der Waals surface area contributed by atoms with E-state index in [0.717, 1.165) is 6.26 Å². The first-order valence-corrected chi connectivity index (χ1v) is 9.86. The summed E-state index contributed by atoms with van der Waals surface area (Å²) in [5.41, 5.74) is -4.70. The molecule has 0 spiro atoms. The van der Waals surface area contributed by atoms with Crippen LogP contribution in [-0.4, -0.2) is 40.5 Å². The van der Waals surface area contributed by atoms with Crippen molar-refractivity contribution >= 4 is 26.9 Å². The Morgan fingerprint density at radius 1 is 1.00 bits per heavy atom. The second-order valence-corrected chi connectivity index (χ2v) is 7.56. The van der Waals surface area contributed by atoms with E-state index < -0.39 is 21.4 Å². The Balaban J connectivity index is 0.000000194. The van der Waals surface area contributed by atoms with Crippen molar-refractivity contribution in [3.8, 4) is 23.0 Å². The molecule has 0 fully saturated rings. The number of fused-ring (bicyclic) bond motifs is 2. The molecule has 0 saturated carbocycles. The maximum absolute atomic E-state index is 12.2. The van der Waals surface area contributed by atoms with Crippen molar-refractivity contribution < 1.29 is 49.2 Å². The molecule has 0 N–H and O–H groups in total. The van der Waals surface area contributed by atoms with E-state index in [4.69, 9.17) is 18.6 Å². The summed E-state index contributed by atoms with van der Waals surface area (Å²) in [6.07, 6.45) is 0.785. The molecule has 0 aliphatic carbocycles. The first-order chi connectivity index (χ1) is 14.6. The van der Waals surface area contributed by atoms with E-state index in [1.54, 1.807) is 25.3 Å². The van der Waals surface area contributed by atoms with Crippen LogP contribution in [0, 0.1) is 0 Å². The smallest absolute Gasteiger partial charge is 0.497 e. The largest absolute Gasteiger partial charge is 0.534 e. The van der Waals surface area contributed by atoms with E-state index in [2.05, 4.69) is 4.18 Å². The number of methoxy groups -OCH3 is 2. The fourth-order valence-electron chi connectivity index (χ4n) is 2.54. The molecule has 4 rings (SSSR count). The molecule has 1 aromatic heterocycles. The average Bonchev–Trinajstić information content (AvgIpc) is 3.30. The molecule has 2 heterocycles. The Labute approximate surface area is 174 Å². The Kier molecular flexibility index (Phi) is 6.02. The highest BCUT2D eigenvalue weighted by molar-refractivity contribution is 7.88. The van der Waals surface area contributed by atoms with Gasteiger partial charge in [0.1, 0.15) is 29.1 Å². The third kappa shape index (κ3) is 4.68. The van der Waals surface area contributed by atoms with Crippen LogP contribution in [0.1, 0.15) is 10.4 Å². The molecule has 0 bridgehead atoms. The van der Waals surface area contributed by atoms with Gasteiger partial charge in [-0.15, -0.1) is 0 Å². The zero-order valence-electron chi connectivity index (χ0n) is 16.1. The molecule has 1 aliphatic heterocycles. The number of benzene rings is 2. The van der Waals surface area contributed by atoms with Crippen LogP contribution < -0.4 is 18.4 Å². The fourth-order valence-corrected chi connectivity index (χ4v) is 3.00. The number of carbonyl (C=O) groups excluding carboxylic acids is 1. The van der Waals surface area contributed by atoms with Crippen molar-refractivity contribution in [3.63, 3.8) is 0 Å². The second-order valence-electron chi connectivity index (χ2n) is 6.02. The van der Waals surface area contributed by atoms with Gasteiger partial charge in [0.25, 0.3) is 0 Å². The quantitative estimate of drug-likeness (QED) is 0.426. The number of Topliss-reactive ketones (excluding diaryl/α,β-unsaturated/α-hetero) is 1. The van der Waals surface area contributed by atoms with Crippen LogP contribution >= 0.6 is 0 Å². The third-order valence-corrected chi connectivity index (χ3v) is 5.04. The highest BCUT2D eigenvalue weighted by Gasteiger charge is 2.49. The van der Waals surface area contributed by atoms with Gasteiger partial charge in [-0.2, -0.15) is 21.6 Å². The molecule has 12 heteroatoms. The molecule has 0 atom stereocenters. The van der Waals surface area contributed by atoms with E-state index in [0.29, 0.717) is 22.8 Å². The van der Waals surface area contributed by atoms with Crippen LogP contribution in [0.15, 0.2) is 47.1 Å². The molecule has 2 aromatic carbocycles. The number of ketones is 1. The lowest BCUT2D eigenvalue weighted by Crippen LogP contribution is -2.27. The van der Waals surface area contributed by atoms with Crippen molar-refractivity contribution in [1.82, 2.24) is 0 Å². The zero-order valence-corrected chi connectivity index (χ0v) is 16.9. The standard InChI is InChI=1S/C10H7F3O5S.C9H8O3/c1-16-6-2-3-7-8(4-6)17-5-9(7)18-19(14,15)10(11,12)13;1-11-6-2-3-7-8(10)5-12-9(7)4-6/h2-5H,1H3;2-4H,5H2,1H3. The normalized spacial score (nSPS) is 13.1. The van der Waals surface area contributed by atoms with E-state index in [1.807, 2.05) is 0 Å². The summed E-state index contributed by atoms with van der Waals surface area (Å²) in [6.45, 7) is 0.155. The van der Waals surface area contributed by atoms with Crippen LogP contribution in [0.5, 0.6) is 23.0 Å². The van der Waals surface area contributed by atoms with Crippen molar-refractivity contribution in [2.45, 2.75) is 5.51 Å². The number of carbonyl (C=O) groups is 1. The number of rotatable bonds is 4. The average molecular weight is 460 g/mol. The van der Waals surface area contributed by atoms with E-state index in [1.165, 1.54) is 25.3 Å². The third-order valence-electron chi connectivity index (χ3n) is 4.08. The van der Waals surface area contributed by atoms with Crippen LogP contribution in [-0.2, 0) is 10.1 Å². The van der Waals surface area contributed by atoms with Gasteiger partial charge in [0.05, 0.1) is 25.2 Å². The lowest BCUT2D eigenvalue weighted by atomic mass is 10.1. The maximum atomic E-state index is 12.2. The predicted octanol–water partition coefficient (Wildman–Crippen LogP) is 3.94. The fraction of sp³-hybridized carbons (Fsp3) is 0.211. The lowest BCUT2D eigenvalue weighted by Gasteiger charge is -2.07. The summed E-state index contributed by atoms with van der Waals surface area (Å²) < 4.78 is 82.2. The summed E-state index contributed by atoms with van der Waals surface area (Å²) in [4.78, 5) is 11.1. The maximum Gasteiger partial charge on any atom is 0.534 e. The molecule has 0 radical (unpaired) electrons. The molecule has 1 aliphatic rings. The Bertz CT molecular complexity index is 1210. The number of hydrogen-bond donors (Lipinski definition) is 0. The first kappa shape index (κ1) is 22.3. The number of halogens is 3. The molecule has 8 nitrogen and oxygen atoms in total. The summed E-state index contributed by atoms with van der Waals surface area (Å²) in [5, 5.41) is 0.0913. The number of hydrogen-bond acceptors (Lipinski definition) is 8. The topological polar surface area (TPSA) is 101 Å². The molecule has 0 saturated heterocycles. The van der Waals surface area contributed by atoms with Gasteiger partial charge in [0.15, 0.2) is 12.4 Å². The minimum Gasteiger partial charge on any atom is -0.497 e. The van der Waals surface area contributed by atoms with Gasteiger partial charge in [-0.1, -0.05) is 0 Å². The van der Waals surface area contributed by atoms with E-state index >= 15 is 0 Å². The number of alkyl halides is 3. The van der Waals surface area contributed by atoms with Crippen LogP contribution in [0.2, 0.25) is 0 Å². The van der Waals surface area contributed by atoms with Crippen molar-refractivity contribution in [3.05, 3.63) is 48.2 Å². The number of furan rings is 1. The van der Waals surface area contributed by atoms with Gasteiger partial charge < -0.3 is 22.8 Å². The predicted molar refractivity (Wildman–Crippen MR) is 101 cm³/mol. The molecule has 0 amide bonds. The van der Waals surface area contributed by atoms with Crippen molar-refractivity contribution in [1.29, 1.82) is 0 Å². The van der Waals surface area contributed by atoms with Crippen LogP contribution in [0.3, 0.4) is 0 Å². The molecule has 31 heavy (non-hydrogen) atoms. The first-order valence-electron chi connectivity index (χ1n) is 8.45. The van der Waals surface area contributed by atoms with Crippen molar-refractivity contribution in [2.75, 3.05) is 20.8 Å². The van der Waals surface area contributed by atoms with Gasteiger partial charge in [0, 0.05) is 12.1 Å². The van der Waals surface area contributed by atoms with Crippen LogP contribution in [0.4, 0.5) is 13.2 Å². The molecular formula is C19H15F3O8S. The molecule has 3 aromatic rings. The Morgan fingerprint density at radius 3 is 2.29 bits per heavy atom. The van der Waals surface area contributed by atoms with Gasteiger partial charge in [-0.05, 0) is 24.3 Å². The summed E-state index contributed by atoms with van der Waals surface area (Å²) in [5.74, 6) is 1.25. The van der Waals surface area contributed by atoms with E-state index in [-0.39, 0.29) is 23.4 Å². The van der Waals surface area contributed by atoms with Gasteiger partial charge in [-0.25, -0.2) is 0 Å². The molecule has 166 valence electrons. The molecular weight excluding hydrogens is 445 g/mol. The second kappa shape index (κ2) is 8.38. The summed E-state index contributed by atoms with van der Waals surface area (Å²) in [6, 6.07) is 9.36. The van der Waals surface area contributed by atoms with Crippen LogP contribution in [0.25, 0.3) is 11.0 Å². The highest BCUT2D eigenvalue weighted by atomic mass is 32.2. The van der Waals surface area contributed by atoms with Crippen molar-refractivity contribution in [2.24, 2.45) is 0 Å². The number of ether oxygens (including phenoxy) is 3. The lowest BCUT2D eigenvalue weighted by molar-refractivity contribution is -0.0499. The Hall–Kier alpha value is -3.41. The summed E-state index contributed by atoms with van der Waals surface area (Å²) >= 11 is 0. The SMILES string of the molecule is COc1ccc2c(OS(=O)(=O)C(F)(F)F)coc2c1.COc1ccc2c(c1)OCC2=O. The molecule has 0 unspecified atom stereocenters. The van der Waals surface area contributed by atoms with Gasteiger partial charge >= 0.3 is 15.6 Å². The minimum absolute atomic E-state index is 0.0349.